The maximum atomic E-state index is 3.61. The maximum Gasteiger partial charge on any atom is 0.00970 e. The Morgan fingerprint density at radius 2 is 1.47 bits per heavy atom. The molecule has 0 atom stereocenters. The number of rotatable bonds is 5. The Morgan fingerprint density at radius 1 is 0.882 bits per heavy atom. The monoisotopic (exact) mass is 240 g/mol. The molecule has 1 saturated carbocycles. The van der Waals surface area contributed by atoms with Gasteiger partial charge in [-0.2, -0.15) is 0 Å². The van der Waals surface area contributed by atoms with E-state index in [4.69, 9.17) is 0 Å². The minimum absolute atomic E-state index is 0.252. The largest absolute Gasteiger partial charge is 0.315 e. The molecule has 1 aliphatic carbocycles. The van der Waals surface area contributed by atoms with Crippen LogP contribution < -0.4 is 10.6 Å². The minimum Gasteiger partial charge on any atom is -0.315 e. The van der Waals surface area contributed by atoms with Crippen LogP contribution in [0.25, 0.3) is 0 Å². The first-order chi connectivity index (χ1) is 8.08. The summed E-state index contributed by atoms with van der Waals surface area (Å²) in [4.78, 5) is 0. The van der Waals surface area contributed by atoms with Gasteiger partial charge in [0.1, 0.15) is 0 Å². The highest BCUT2D eigenvalue weighted by Crippen LogP contribution is 2.21. The fraction of sp³-hybridized carbons (Fsp3) is 1.00. The van der Waals surface area contributed by atoms with Gasteiger partial charge in [-0.15, -0.1) is 0 Å². The molecule has 0 radical (unpaired) electrons. The van der Waals surface area contributed by atoms with Crippen molar-refractivity contribution in [3.63, 3.8) is 0 Å². The molecule has 0 saturated heterocycles. The Kier molecular flexibility index (Phi) is 7.14. The Balaban J connectivity index is 2.00. The second kappa shape index (κ2) is 8.10. The molecular formula is C15H32N2. The van der Waals surface area contributed by atoms with Crippen molar-refractivity contribution in [3.05, 3.63) is 0 Å². The van der Waals surface area contributed by atoms with Crippen LogP contribution in [0.5, 0.6) is 0 Å². The van der Waals surface area contributed by atoms with Crippen molar-refractivity contribution < 1.29 is 0 Å². The van der Waals surface area contributed by atoms with E-state index in [0.29, 0.717) is 0 Å². The average molecular weight is 240 g/mol. The van der Waals surface area contributed by atoms with E-state index in [9.17, 15) is 0 Å². The van der Waals surface area contributed by atoms with Crippen LogP contribution >= 0.6 is 0 Å². The van der Waals surface area contributed by atoms with Crippen molar-refractivity contribution in [3.8, 4) is 0 Å². The lowest BCUT2D eigenvalue weighted by Crippen LogP contribution is -2.40. The van der Waals surface area contributed by atoms with Gasteiger partial charge in [-0.3, -0.25) is 0 Å². The molecule has 1 fully saturated rings. The lowest BCUT2D eigenvalue weighted by Gasteiger charge is -2.22. The van der Waals surface area contributed by atoms with Crippen molar-refractivity contribution >= 4 is 0 Å². The zero-order valence-electron chi connectivity index (χ0n) is 12.1. The van der Waals surface area contributed by atoms with E-state index in [1.807, 2.05) is 0 Å². The highest BCUT2D eigenvalue weighted by atomic mass is 15.0. The number of hydrogen-bond acceptors (Lipinski definition) is 2. The van der Waals surface area contributed by atoms with Gasteiger partial charge in [0.25, 0.3) is 0 Å². The molecule has 0 bridgehead atoms. The van der Waals surface area contributed by atoms with Gasteiger partial charge in [0.05, 0.1) is 0 Å². The summed E-state index contributed by atoms with van der Waals surface area (Å²) in [5.41, 5.74) is 0.252. The van der Waals surface area contributed by atoms with Gasteiger partial charge in [-0.25, -0.2) is 0 Å². The van der Waals surface area contributed by atoms with Crippen molar-refractivity contribution in [1.29, 1.82) is 0 Å². The topological polar surface area (TPSA) is 24.1 Å². The van der Waals surface area contributed by atoms with Gasteiger partial charge in [-0.1, -0.05) is 32.1 Å². The van der Waals surface area contributed by atoms with E-state index < -0.39 is 0 Å². The highest BCUT2D eigenvalue weighted by Gasteiger charge is 2.11. The fourth-order valence-electron chi connectivity index (χ4n) is 2.58. The molecule has 0 unspecified atom stereocenters. The third kappa shape index (κ3) is 8.62. The second-order valence-electron chi connectivity index (χ2n) is 6.59. The molecule has 0 aliphatic heterocycles. The van der Waals surface area contributed by atoms with E-state index in [0.717, 1.165) is 19.0 Å². The van der Waals surface area contributed by atoms with Crippen LogP contribution in [0, 0.1) is 5.92 Å². The summed E-state index contributed by atoms with van der Waals surface area (Å²) >= 11 is 0. The molecule has 0 amide bonds. The third-order valence-electron chi connectivity index (χ3n) is 3.61. The van der Waals surface area contributed by atoms with Crippen LogP contribution in [0.15, 0.2) is 0 Å². The number of hydrogen-bond donors (Lipinski definition) is 2. The van der Waals surface area contributed by atoms with Gasteiger partial charge in [0.15, 0.2) is 0 Å². The van der Waals surface area contributed by atoms with Gasteiger partial charge >= 0.3 is 0 Å². The molecule has 2 nitrogen and oxygen atoms in total. The average Bonchev–Trinajstić information content (AvgIpc) is 2.18. The molecule has 1 aliphatic rings. The number of nitrogens with one attached hydrogen (secondary N) is 2. The smallest absolute Gasteiger partial charge is 0.00970 e. The van der Waals surface area contributed by atoms with Crippen LogP contribution in [-0.2, 0) is 0 Å². The Hall–Kier alpha value is -0.0800. The molecule has 102 valence electrons. The normalized spacial score (nSPS) is 19.9. The summed E-state index contributed by atoms with van der Waals surface area (Å²) < 4.78 is 0. The van der Waals surface area contributed by atoms with Crippen molar-refractivity contribution in [2.75, 3.05) is 19.6 Å². The van der Waals surface area contributed by atoms with Crippen LogP contribution in [-0.4, -0.2) is 25.2 Å². The molecule has 2 heteroatoms. The zero-order valence-corrected chi connectivity index (χ0v) is 12.1. The summed E-state index contributed by atoms with van der Waals surface area (Å²) in [6, 6.07) is 0. The van der Waals surface area contributed by atoms with Crippen molar-refractivity contribution in [2.45, 2.75) is 71.3 Å². The molecule has 0 aromatic rings. The molecule has 1 rings (SSSR count). The van der Waals surface area contributed by atoms with E-state index in [1.165, 1.54) is 51.5 Å². The lowest BCUT2D eigenvalue weighted by atomic mass is 9.91. The fourth-order valence-corrected chi connectivity index (χ4v) is 2.58. The van der Waals surface area contributed by atoms with E-state index in [-0.39, 0.29) is 5.54 Å². The quantitative estimate of drug-likeness (QED) is 0.720. The first kappa shape index (κ1) is 15.0. The maximum absolute atomic E-state index is 3.61. The lowest BCUT2D eigenvalue weighted by molar-refractivity contribution is 0.355. The Morgan fingerprint density at radius 3 is 2.06 bits per heavy atom. The van der Waals surface area contributed by atoms with Crippen molar-refractivity contribution in [2.24, 2.45) is 5.92 Å². The van der Waals surface area contributed by atoms with Gasteiger partial charge in [-0.05, 0) is 46.1 Å². The predicted octanol–water partition coefficient (Wildman–Crippen LogP) is 3.32. The Labute approximate surface area is 108 Å². The highest BCUT2D eigenvalue weighted by molar-refractivity contribution is 4.71. The van der Waals surface area contributed by atoms with Crippen molar-refractivity contribution in [1.82, 2.24) is 10.6 Å². The first-order valence-corrected chi connectivity index (χ1v) is 7.54. The molecular weight excluding hydrogens is 208 g/mol. The molecule has 0 aromatic heterocycles. The first-order valence-electron chi connectivity index (χ1n) is 7.54. The van der Waals surface area contributed by atoms with Crippen LogP contribution in [0.2, 0.25) is 0 Å². The van der Waals surface area contributed by atoms with E-state index in [2.05, 4.69) is 31.4 Å². The molecule has 0 heterocycles. The zero-order chi connectivity index (χ0) is 12.6. The van der Waals surface area contributed by atoms with Crippen LogP contribution in [0.3, 0.4) is 0 Å². The summed E-state index contributed by atoms with van der Waals surface area (Å²) in [7, 11) is 0. The summed E-state index contributed by atoms with van der Waals surface area (Å²) in [5, 5.41) is 7.13. The van der Waals surface area contributed by atoms with Crippen LogP contribution in [0.4, 0.5) is 0 Å². The molecule has 17 heavy (non-hydrogen) atoms. The van der Waals surface area contributed by atoms with Gasteiger partial charge < -0.3 is 10.6 Å². The van der Waals surface area contributed by atoms with E-state index >= 15 is 0 Å². The summed E-state index contributed by atoms with van der Waals surface area (Å²) in [6.45, 7) is 10.1. The third-order valence-corrected chi connectivity index (χ3v) is 3.61. The molecule has 0 spiro atoms. The molecule has 0 aromatic carbocycles. The summed E-state index contributed by atoms with van der Waals surface area (Å²) in [5.74, 6) is 0.935. The van der Waals surface area contributed by atoms with Gasteiger partial charge in [0.2, 0.25) is 0 Å². The summed E-state index contributed by atoms with van der Waals surface area (Å²) in [6.07, 6.45) is 10.2. The minimum atomic E-state index is 0.252. The molecule has 2 N–H and O–H groups in total. The predicted molar refractivity (Wildman–Crippen MR) is 76.4 cm³/mol. The van der Waals surface area contributed by atoms with E-state index in [1.54, 1.807) is 0 Å². The standard InChI is InChI=1S/C15H32N2/c1-15(2,3)17-12-11-16-13-14-9-7-5-4-6-8-10-14/h14,16-17H,4-13H2,1-3H3. The Bertz CT molecular complexity index is 176. The SMILES string of the molecule is CC(C)(C)NCCNCC1CCCCCCC1. The van der Waals surface area contributed by atoms with Gasteiger partial charge in [0, 0.05) is 18.6 Å². The van der Waals surface area contributed by atoms with Crippen LogP contribution in [0.1, 0.15) is 65.7 Å². The second-order valence-corrected chi connectivity index (χ2v) is 6.59.